The Labute approximate surface area is 140 Å². The van der Waals surface area contributed by atoms with Gasteiger partial charge in [-0.1, -0.05) is 30.3 Å². The van der Waals surface area contributed by atoms with Crippen molar-refractivity contribution in [2.45, 2.75) is 4.90 Å². The Morgan fingerprint density at radius 1 is 0.792 bits per heavy atom. The van der Waals surface area contributed by atoms with Crippen molar-refractivity contribution >= 4 is 26.5 Å². The molecule has 0 unspecified atom stereocenters. The number of nitrogens with one attached hydrogen (secondary N) is 1. The summed E-state index contributed by atoms with van der Waals surface area (Å²) in [6, 6.07) is 17.5. The number of sulfonamides is 1. The van der Waals surface area contributed by atoms with Crippen LogP contribution < -0.4 is 14.2 Å². The maximum atomic E-state index is 12.6. The third kappa shape index (κ3) is 3.14. The van der Waals surface area contributed by atoms with Gasteiger partial charge in [-0.25, -0.2) is 8.42 Å². The van der Waals surface area contributed by atoms with Gasteiger partial charge in [0.05, 0.1) is 24.8 Å². The average Bonchev–Trinajstić information content (AvgIpc) is 2.60. The van der Waals surface area contributed by atoms with Crippen LogP contribution in [-0.4, -0.2) is 22.6 Å². The largest absolute Gasteiger partial charge is 0.493 e. The van der Waals surface area contributed by atoms with Crippen molar-refractivity contribution in [3.63, 3.8) is 0 Å². The van der Waals surface area contributed by atoms with Crippen LogP contribution in [-0.2, 0) is 10.0 Å². The number of fused-ring (bicyclic) bond motifs is 1. The molecule has 0 heterocycles. The van der Waals surface area contributed by atoms with E-state index < -0.39 is 10.0 Å². The van der Waals surface area contributed by atoms with Gasteiger partial charge < -0.3 is 9.47 Å². The number of hydrogen-bond acceptors (Lipinski definition) is 4. The van der Waals surface area contributed by atoms with E-state index >= 15 is 0 Å². The van der Waals surface area contributed by atoms with Gasteiger partial charge in [0.15, 0.2) is 11.5 Å². The summed E-state index contributed by atoms with van der Waals surface area (Å²) in [6.07, 6.45) is 0. The molecule has 0 aliphatic rings. The first-order valence-corrected chi connectivity index (χ1v) is 8.75. The lowest BCUT2D eigenvalue weighted by molar-refractivity contribution is 0.355. The molecule has 0 spiro atoms. The van der Waals surface area contributed by atoms with Crippen molar-refractivity contribution < 1.29 is 17.9 Å². The Kier molecular flexibility index (Phi) is 4.31. The van der Waals surface area contributed by atoms with Gasteiger partial charge in [0.2, 0.25) is 0 Å². The maximum absolute atomic E-state index is 12.6. The van der Waals surface area contributed by atoms with Crippen LogP contribution in [0, 0.1) is 0 Å². The zero-order valence-electron chi connectivity index (χ0n) is 13.3. The molecule has 0 bridgehead atoms. The first kappa shape index (κ1) is 16.1. The minimum Gasteiger partial charge on any atom is -0.493 e. The molecule has 0 aromatic heterocycles. The molecule has 1 N–H and O–H groups in total. The number of methoxy groups -OCH3 is 2. The van der Waals surface area contributed by atoms with E-state index in [1.54, 1.807) is 36.4 Å². The Morgan fingerprint density at radius 3 is 2.21 bits per heavy atom. The van der Waals surface area contributed by atoms with Gasteiger partial charge in [-0.15, -0.1) is 0 Å². The van der Waals surface area contributed by atoms with Crippen molar-refractivity contribution in [2.24, 2.45) is 0 Å². The van der Waals surface area contributed by atoms with E-state index in [9.17, 15) is 8.42 Å². The van der Waals surface area contributed by atoms with Crippen LogP contribution in [0.5, 0.6) is 11.5 Å². The van der Waals surface area contributed by atoms with Gasteiger partial charge in [-0.2, -0.15) is 0 Å². The Hall–Kier alpha value is -2.73. The van der Waals surface area contributed by atoms with Crippen LogP contribution in [0.15, 0.2) is 65.6 Å². The summed E-state index contributed by atoms with van der Waals surface area (Å²) in [5.41, 5.74) is 0.404. The number of anilines is 1. The monoisotopic (exact) mass is 343 g/mol. The normalized spacial score (nSPS) is 11.2. The molecule has 6 heteroatoms. The third-order valence-electron chi connectivity index (χ3n) is 3.67. The van der Waals surface area contributed by atoms with Gasteiger partial charge in [0.1, 0.15) is 0 Å². The lowest BCUT2D eigenvalue weighted by Crippen LogP contribution is -2.13. The smallest absolute Gasteiger partial charge is 0.261 e. The third-order valence-corrected chi connectivity index (χ3v) is 5.05. The lowest BCUT2D eigenvalue weighted by Gasteiger charge is -2.12. The fraction of sp³-hybridized carbons (Fsp3) is 0.111. The Balaban J connectivity index is 1.95. The highest BCUT2D eigenvalue weighted by Crippen LogP contribution is 2.31. The number of ether oxygens (including phenoxy) is 2. The van der Waals surface area contributed by atoms with E-state index in [2.05, 4.69) is 4.72 Å². The fourth-order valence-electron chi connectivity index (χ4n) is 2.45. The Morgan fingerprint density at radius 2 is 1.50 bits per heavy atom. The van der Waals surface area contributed by atoms with Crippen molar-refractivity contribution in [2.75, 3.05) is 18.9 Å². The molecule has 3 aromatic rings. The molecule has 124 valence electrons. The van der Waals surface area contributed by atoms with Gasteiger partial charge in [-0.05, 0) is 35.0 Å². The number of rotatable bonds is 5. The second-order valence-corrected chi connectivity index (χ2v) is 6.87. The van der Waals surface area contributed by atoms with Crippen molar-refractivity contribution in [3.05, 3.63) is 60.7 Å². The summed E-state index contributed by atoms with van der Waals surface area (Å²) < 4.78 is 38.1. The van der Waals surface area contributed by atoms with Crippen LogP contribution >= 0.6 is 0 Å². The SMILES string of the molecule is COc1ccc(NS(=O)(=O)c2ccc3ccccc3c2)cc1OC. The second kappa shape index (κ2) is 6.41. The first-order chi connectivity index (χ1) is 11.5. The summed E-state index contributed by atoms with van der Waals surface area (Å²) in [5, 5.41) is 1.86. The molecule has 3 aromatic carbocycles. The van der Waals surface area contributed by atoms with Gasteiger partial charge in [0.25, 0.3) is 10.0 Å². The van der Waals surface area contributed by atoms with E-state index in [-0.39, 0.29) is 4.90 Å². The standard InChI is InChI=1S/C18H17NO4S/c1-22-17-10-8-15(12-18(17)23-2)19-24(20,21)16-9-7-13-5-3-4-6-14(13)11-16/h3-12,19H,1-2H3. The maximum Gasteiger partial charge on any atom is 0.261 e. The minimum atomic E-state index is -3.70. The minimum absolute atomic E-state index is 0.205. The van der Waals surface area contributed by atoms with Gasteiger partial charge in [0, 0.05) is 6.07 Å². The number of hydrogen-bond donors (Lipinski definition) is 1. The zero-order chi connectivity index (χ0) is 17.2. The molecule has 3 rings (SSSR count). The average molecular weight is 343 g/mol. The van der Waals surface area contributed by atoms with Crippen LogP contribution in [0.2, 0.25) is 0 Å². The first-order valence-electron chi connectivity index (χ1n) is 7.27. The molecule has 0 aliphatic carbocycles. The van der Waals surface area contributed by atoms with Crippen LogP contribution in [0.3, 0.4) is 0 Å². The quantitative estimate of drug-likeness (QED) is 0.768. The number of benzene rings is 3. The highest BCUT2D eigenvalue weighted by molar-refractivity contribution is 7.92. The van der Waals surface area contributed by atoms with Crippen molar-refractivity contribution in [1.29, 1.82) is 0 Å². The highest BCUT2D eigenvalue weighted by Gasteiger charge is 2.16. The van der Waals surface area contributed by atoms with E-state index in [4.69, 9.17) is 9.47 Å². The van der Waals surface area contributed by atoms with Gasteiger partial charge >= 0.3 is 0 Å². The molecular formula is C18H17NO4S. The van der Waals surface area contributed by atoms with Crippen molar-refractivity contribution in [1.82, 2.24) is 0 Å². The topological polar surface area (TPSA) is 64.6 Å². The van der Waals surface area contributed by atoms with Crippen molar-refractivity contribution in [3.8, 4) is 11.5 Å². The summed E-state index contributed by atoms with van der Waals surface area (Å²) >= 11 is 0. The predicted molar refractivity (Wildman–Crippen MR) is 94.3 cm³/mol. The van der Waals surface area contributed by atoms with E-state index in [0.29, 0.717) is 17.2 Å². The summed E-state index contributed by atoms with van der Waals surface area (Å²) in [6.45, 7) is 0. The lowest BCUT2D eigenvalue weighted by atomic mass is 10.1. The molecule has 0 aliphatic heterocycles. The molecule has 5 nitrogen and oxygen atoms in total. The zero-order valence-corrected chi connectivity index (χ0v) is 14.1. The molecule has 0 radical (unpaired) electrons. The summed E-state index contributed by atoms with van der Waals surface area (Å²) in [7, 11) is -0.672. The second-order valence-electron chi connectivity index (χ2n) is 5.18. The Bertz CT molecular complexity index is 983. The molecule has 0 fully saturated rings. The molecule has 0 amide bonds. The van der Waals surface area contributed by atoms with Crippen LogP contribution in [0.1, 0.15) is 0 Å². The highest BCUT2D eigenvalue weighted by atomic mass is 32.2. The fourth-order valence-corrected chi connectivity index (χ4v) is 3.53. The van der Waals surface area contributed by atoms with Crippen LogP contribution in [0.4, 0.5) is 5.69 Å². The van der Waals surface area contributed by atoms with E-state index in [1.165, 1.54) is 14.2 Å². The summed E-state index contributed by atoms with van der Waals surface area (Å²) in [4.78, 5) is 0.205. The summed E-state index contributed by atoms with van der Waals surface area (Å²) in [5.74, 6) is 0.988. The van der Waals surface area contributed by atoms with E-state index in [1.807, 2.05) is 24.3 Å². The van der Waals surface area contributed by atoms with E-state index in [0.717, 1.165) is 10.8 Å². The molecular weight excluding hydrogens is 326 g/mol. The van der Waals surface area contributed by atoms with Gasteiger partial charge in [-0.3, -0.25) is 4.72 Å². The van der Waals surface area contributed by atoms with Crippen LogP contribution in [0.25, 0.3) is 10.8 Å². The molecule has 0 saturated heterocycles. The predicted octanol–water partition coefficient (Wildman–Crippen LogP) is 3.66. The molecule has 0 saturated carbocycles. The molecule has 24 heavy (non-hydrogen) atoms. The molecule has 0 atom stereocenters.